The molecule has 1 aliphatic rings. The quantitative estimate of drug-likeness (QED) is 0.617. The Balaban J connectivity index is 1.50. The first kappa shape index (κ1) is 19.1. The van der Waals surface area contributed by atoms with Gasteiger partial charge in [-0.2, -0.15) is 0 Å². The van der Waals surface area contributed by atoms with Gasteiger partial charge in [0.05, 0.1) is 23.4 Å². The molecule has 0 bridgehead atoms. The van der Waals surface area contributed by atoms with E-state index in [-0.39, 0.29) is 17.7 Å². The normalized spacial score (nSPS) is 13.0. The molecule has 1 heterocycles. The van der Waals surface area contributed by atoms with Crippen molar-refractivity contribution in [3.63, 3.8) is 0 Å². The number of carbonyl (C=O) groups excluding carboxylic acids is 2. The monoisotopic (exact) mass is 409 g/mol. The summed E-state index contributed by atoms with van der Waals surface area (Å²) in [5.41, 5.74) is 2.36. The molecule has 1 aromatic heterocycles. The minimum atomic E-state index is -0.336. The molecule has 7 heteroatoms. The van der Waals surface area contributed by atoms with Crippen LogP contribution in [0.25, 0.3) is 5.69 Å². The van der Waals surface area contributed by atoms with Crippen molar-refractivity contribution in [2.45, 2.75) is 12.8 Å². The molecule has 148 valence electrons. The molecule has 4 rings (SSSR count). The van der Waals surface area contributed by atoms with E-state index in [0.29, 0.717) is 27.7 Å². The molecule has 2 N–H and O–H groups in total. The molecule has 0 radical (unpaired) electrons. The fraction of sp³-hybridized carbons (Fsp3) is 0.182. The maximum atomic E-state index is 12.8. The van der Waals surface area contributed by atoms with Gasteiger partial charge in [-0.05, 0) is 55.3 Å². The fourth-order valence-electron chi connectivity index (χ4n) is 3.01. The second-order valence-electron chi connectivity index (χ2n) is 6.89. The number of methoxy groups -OCH3 is 1. The van der Waals surface area contributed by atoms with Crippen LogP contribution in [-0.4, -0.2) is 23.5 Å². The van der Waals surface area contributed by atoms with Crippen LogP contribution in [0.3, 0.4) is 0 Å². The Morgan fingerprint density at radius 1 is 1.03 bits per heavy atom. The summed E-state index contributed by atoms with van der Waals surface area (Å²) in [5, 5.41) is 6.14. The average molecular weight is 410 g/mol. The van der Waals surface area contributed by atoms with Crippen molar-refractivity contribution >= 4 is 34.8 Å². The Morgan fingerprint density at radius 2 is 1.66 bits per heavy atom. The van der Waals surface area contributed by atoms with Gasteiger partial charge >= 0.3 is 0 Å². The van der Waals surface area contributed by atoms with Crippen LogP contribution in [0.15, 0.2) is 60.9 Å². The van der Waals surface area contributed by atoms with Gasteiger partial charge in [0.15, 0.2) is 0 Å². The number of nitrogens with one attached hydrogen (secondary N) is 2. The Kier molecular flexibility index (Phi) is 5.27. The van der Waals surface area contributed by atoms with Crippen molar-refractivity contribution in [2.24, 2.45) is 5.92 Å². The summed E-state index contributed by atoms with van der Waals surface area (Å²) in [6.07, 6.45) is 5.63. The molecule has 1 fully saturated rings. The molecule has 0 atom stereocenters. The molecule has 2 amide bonds. The molecule has 29 heavy (non-hydrogen) atoms. The molecular weight excluding hydrogens is 390 g/mol. The van der Waals surface area contributed by atoms with Crippen molar-refractivity contribution in [2.75, 3.05) is 17.7 Å². The topological polar surface area (TPSA) is 72.4 Å². The summed E-state index contributed by atoms with van der Waals surface area (Å²) >= 11 is 6.40. The summed E-state index contributed by atoms with van der Waals surface area (Å²) in [5.74, 6) is 0.270. The molecule has 1 saturated carbocycles. The van der Waals surface area contributed by atoms with E-state index in [9.17, 15) is 9.59 Å². The van der Waals surface area contributed by atoms with Crippen LogP contribution in [-0.2, 0) is 4.79 Å². The summed E-state index contributed by atoms with van der Waals surface area (Å²) < 4.78 is 7.26. The average Bonchev–Trinajstić information content (AvgIpc) is 3.44. The van der Waals surface area contributed by atoms with Crippen molar-refractivity contribution in [3.8, 4) is 11.4 Å². The van der Waals surface area contributed by atoms with Gasteiger partial charge in [0.2, 0.25) is 5.91 Å². The first-order valence-electron chi connectivity index (χ1n) is 9.28. The largest absolute Gasteiger partial charge is 0.496 e. The highest BCUT2D eigenvalue weighted by Crippen LogP contribution is 2.31. The molecule has 2 aromatic carbocycles. The van der Waals surface area contributed by atoms with Gasteiger partial charge in [-0.3, -0.25) is 9.59 Å². The highest BCUT2D eigenvalue weighted by molar-refractivity contribution is 6.33. The van der Waals surface area contributed by atoms with Gasteiger partial charge < -0.3 is 19.9 Å². The third-order valence-corrected chi connectivity index (χ3v) is 5.06. The van der Waals surface area contributed by atoms with Gasteiger partial charge in [-0.1, -0.05) is 11.6 Å². The van der Waals surface area contributed by atoms with E-state index in [4.69, 9.17) is 16.3 Å². The Bertz CT molecular complexity index is 1040. The molecule has 6 nitrogen and oxygen atoms in total. The van der Waals surface area contributed by atoms with Crippen LogP contribution >= 0.6 is 11.6 Å². The van der Waals surface area contributed by atoms with Crippen molar-refractivity contribution in [1.82, 2.24) is 4.57 Å². The number of anilines is 2. The number of rotatable bonds is 6. The highest BCUT2D eigenvalue weighted by atomic mass is 35.5. The van der Waals surface area contributed by atoms with Crippen LogP contribution in [0, 0.1) is 5.92 Å². The summed E-state index contributed by atoms with van der Waals surface area (Å²) in [7, 11) is 1.51. The molecule has 1 aliphatic carbocycles. The number of benzene rings is 2. The molecule has 0 aliphatic heterocycles. The summed E-state index contributed by atoms with van der Waals surface area (Å²) in [6.45, 7) is 0. The van der Waals surface area contributed by atoms with E-state index >= 15 is 0 Å². The Hall–Kier alpha value is -3.25. The van der Waals surface area contributed by atoms with E-state index in [1.165, 1.54) is 7.11 Å². The zero-order valence-electron chi connectivity index (χ0n) is 15.8. The van der Waals surface area contributed by atoms with Gasteiger partial charge in [0.1, 0.15) is 5.75 Å². The number of hydrogen-bond acceptors (Lipinski definition) is 3. The molecule has 0 spiro atoms. The number of nitrogens with zero attached hydrogens (tertiary/aromatic N) is 1. The Morgan fingerprint density at radius 3 is 2.24 bits per heavy atom. The summed E-state index contributed by atoms with van der Waals surface area (Å²) in [4.78, 5) is 24.6. The van der Waals surface area contributed by atoms with Crippen LogP contribution in [0.1, 0.15) is 23.2 Å². The maximum Gasteiger partial charge on any atom is 0.259 e. The van der Waals surface area contributed by atoms with Gasteiger partial charge in [-0.25, -0.2) is 0 Å². The third-order valence-electron chi connectivity index (χ3n) is 4.75. The highest BCUT2D eigenvalue weighted by Gasteiger charge is 2.29. The second kappa shape index (κ2) is 8.01. The van der Waals surface area contributed by atoms with Crippen LogP contribution in [0.4, 0.5) is 11.4 Å². The number of carbonyl (C=O) groups is 2. The number of amides is 2. The number of ether oxygens (including phenoxy) is 1. The van der Waals surface area contributed by atoms with E-state index in [0.717, 1.165) is 18.5 Å². The van der Waals surface area contributed by atoms with Crippen LogP contribution < -0.4 is 15.4 Å². The van der Waals surface area contributed by atoms with Crippen LogP contribution in [0.2, 0.25) is 5.02 Å². The first-order chi connectivity index (χ1) is 14.0. The first-order valence-corrected chi connectivity index (χ1v) is 9.66. The second-order valence-corrected chi connectivity index (χ2v) is 7.30. The van der Waals surface area contributed by atoms with E-state index < -0.39 is 0 Å². The smallest absolute Gasteiger partial charge is 0.259 e. The standard InChI is InChI=1S/C22H20ClN3O3/c1-29-20-13-19(26-10-2-3-11-26)18(23)12-17(20)22(28)25-16-8-6-15(7-9-16)24-21(27)14-4-5-14/h2-3,6-14H,4-5H2,1H3,(H,24,27)(H,25,28). The minimum Gasteiger partial charge on any atom is -0.496 e. The lowest BCUT2D eigenvalue weighted by atomic mass is 10.1. The molecule has 3 aromatic rings. The number of aromatic nitrogens is 1. The summed E-state index contributed by atoms with van der Waals surface area (Å²) in [6, 6.07) is 14.1. The Labute approximate surface area is 173 Å². The van der Waals surface area contributed by atoms with E-state index in [1.54, 1.807) is 36.4 Å². The predicted molar refractivity (Wildman–Crippen MR) is 113 cm³/mol. The van der Waals surface area contributed by atoms with Crippen molar-refractivity contribution < 1.29 is 14.3 Å². The van der Waals surface area contributed by atoms with Crippen molar-refractivity contribution in [1.29, 1.82) is 0 Å². The SMILES string of the molecule is COc1cc(-n2cccc2)c(Cl)cc1C(=O)Nc1ccc(NC(=O)C2CC2)cc1. The number of hydrogen-bond donors (Lipinski definition) is 2. The molecular formula is C22H20ClN3O3. The van der Waals surface area contributed by atoms with Crippen LogP contribution in [0.5, 0.6) is 5.75 Å². The molecule has 0 unspecified atom stereocenters. The zero-order chi connectivity index (χ0) is 20.4. The van der Waals surface area contributed by atoms with Crippen molar-refractivity contribution in [3.05, 3.63) is 71.5 Å². The lowest BCUT2D eigenvalue weighted by Crippen LogP contribution is -2.15. The van der Waals surface area contributed by atoms with Gasteiger partial charge in [-0.15, -0.1) is 0 Å². The minimum absolute atomic E-state index is 0.0453. The third kappa shape index (κ3) is 4.27. The van der Waals surface area contributed by atoms with E-state index in [1.807, 2.05) is 29.1 Å². The van der Waals surface area contributed by atoms with Gasteiger partial charge in [0.25, 0.3) is 5.91 Å². The fourth-order valence-corrected chi connectivity index (χ4v) is 3.27. The predicted octanol–water partition coefficient (Wildman–Crippen LogP) is 4.74. The maximum absolute atomic E-state index is 12.8. The number of halogens is 1. The zero-order valence-corrected chi connectivity index (χ0v) is 16.6. The lowest BCUT2D eigenvalue weighted by molar-refractivity contribution is -0.117. The van der Waals surface area contributed by atoms with Gasteiger partial charge in [0, 0.05) is 35.8 Å². The van der Waals surface area contributed by atoms with E-state index in [2.05, 4.69) is 10.6 Å². The molecule has 0 saturated heterocycles. The lowest BCUT2D eigenvalue weighted by Gasteiger charge is -2.14.